The summed E-state index contributed by atoms with van der Waals surface area (Å²) in [5, 5.41) is 12.7. The first kappa shape index (κ1) is 24.3. The van der Waals surface area contributed by atoms with E-state index < -0.39 is 11.8 Å². The molecule has 186 valence electrons. The number of benzene rings is 4. The fraction of sp³-hybridized carbons (Fsp3) is 0.161. The Hall–Kier alpha value is -4.45. The van der Waals surface area contributed by atoms with E-state index in [0.29, 0.717) is 11.3 Å². The second-order valence-electron chi connectivity index (χ2n) is 9.32. The molecule has 1 amide bonds. The van der Waals surface area contributed by atoms with Gasteiger partial charge in [0.15, 0.2) is 0 Å². The average molecular weight is 495 g/mol. The maximum atomic E-state index is 14.1. The van der Waals surface area contributed by atoms with E-state index in [1.54, 1.807) is 12.1 Å². The predicted molar refractivity (Wildman–Crippen MR) is 144 cm³/mol. The Labute approximate surface area is 215 Å². The van der Waals surface area contributed by atoms with Crippen LogP contribution >= 0.6 is 0 Å². The van der Waals surface area contributed by atoms with Gasteiger partial charge in [-0.25, -0.2) is 9.18 Å². The van der Waals surface area contributed by atoms with Crippen LogP contribution in [0.2, 0.25) is 0 Å². The zero-order valence-electron chi connectivity index (χ0n) is 20.5. The van der Waals surface area contributed by atoms with Crippen LogP contribution in [0.5, 0.6) is 0 Å². The summed E-state index contributed by atoms with van der Waals surface area (Å²) in [5.74, 6) is -1.86. The van der Waals surface area contributed by atoms with E-state index in [2.05, 4.69) is 22.3 Å². The van der Waals surface area contributed by atoms with Gasteiger partial charge in [0.25, 0.3) is 0 Å². The third-order valence-corrected chi connectivity index (χ3v) is 6.68. The molecule has 1 heterocycles. The molecule has 6 heteroatoms. The first-order valence-electron chi connectivity index (χ1n) is 12.3. The predicted octanol–water partition coefficient (Wildman–Crippen LogP) is 6.76. The first-order valence-corrected chi connectivity index (χ1v) is 12.3. The van der Waals surface area contributed by atoms with E-state index in [1.165, 1.54) is 17.7 Å². The standard InChI is InChI=1S/C31H27FN2O3/c1-20-8-10-21(11-9-20)17-30(35)33-27-18-23(26-19-24(32)13-14-25(26)31(36)37)12-15-29(27)34-16-4-6-22-5-2-3-7-28(22)34/h2-3,5,7-15,18-19H,4,6,16-17H2,1H3,(H,33,35)(H,36,37). The number of carbonyl (C=O) groups excluding carboxylic acids is 1. The van der Waals surface area contributed by atoms with Gasteiger partial charge in [0.1, 0.15) is 5.82 Å². The molecule has 5 rings (SSSR count). The summed E-state index contributed by atoms with van der Waals surface area (Å²) in [6.07, 6.45) is 2.13. The lowest BCUT2D eigenvalue weighted by Gasteiger charge is -2.33. The van der Waals surface area contributed by atoms with Gasteiger partial charge in [0.05, 0.1) is 23.4 Å². The summed E-state index contributed by atoms with van der Waals surface area (Å²) in [5.41, 5.74) is 6.43. The van der Waals surface area contributed by atoms with Crippen molar-refractivity contribution in [1.82, 2.24) is 0 Å². The van der Waals surface area contributed by atoms with Crippen molar-refractivity contribution in [3.63, 3.8) is 0 Å². The van der Waals surface area contributed by atoms with Crippen LogP contribution in [0, 0.1) is 12.7 Å². The van der Waals surface area contributed by atoms with Crippen molar-refractivity contribution in [3.05, 3.63) is 113 Å². The van der Waals surface area contributed by atoms with Crippen molar-refractivity contribution in [1.29, 1.82) is 0 Å². The number of carboxylic acid groups (broad SMARTS) is 1. The summed E-state index contributed by atoms with van der Waals surface area (Å²) in [7, 11) is 0. The Balaban J connectivity index is 1.57. The fourth-order valence-corrected chi connectivity index (χ4v) is 4.85. The van der Waals surface area contributed by atoms with Gasteiger partial charge < -0.3 is 15.3 Å². The molecule has 0 fully saturated rings. The third kappa shape index (κ3) is 5.23. The molecule has 0 aromatic heterocycles. The van der Waals surface area contributed by atoms with Crippen LogP contribution in [0.3, 0.4) is 0 Å². The molecule has 1 aliphatic heterocycles. The molecule has 0 unspecified atom stereocenters. The number of aryl methyl sites for hydroxylation is 2. The number of halogens is 1. The van der Waals surface area contributed by atoms with E-state index in [9.17, 15) is 19.1 Å². The highest BCUT2D eigenvalue weighted by Crippen LogP contribution is 2.40. The van der Waals surface area contributed by atoms with Crippen LogP contribution in [0.15, 0.2) is 84.9 Å². The van der Waals surface area contributed by atoms with E-state index in [-0.39, 0.29) is 23.5 Å². The Morgan fingerprint density at radius 1 is 0.946 bits per heavy atom. The molecule has 37 heavy (non-hydrogen) atoms. The van der Waals surface area contributed by atoms with E-state index in [1.807, 2.05) is 49.4 Å². The summed E-state index contributed by atoms with van der Waals surface area (Å²) in [6, 6.07) is 25.0. The van der Waals surface area contributed by atoms with E-state index in [4.69, 9.17) is 0 Å². The van der Waals surface area contributed by atoms with Crippen LogP contribution in [0.4, 0.5) is 21.5 Å². The molecule has 0 saturated carbocycles. The second kappa shape index (κ2) is 10.3. The molecule has 4 aromatic rings. The highest BCUT2D eigenvalue weighted by molar-refractivity contribution is 6.00. The minimum absolute atomic E-state index is 0.00519. The number of hydrogen-bond donors (Lipinski definition) is 2. The van der Waals surface area contributed by atoms with Crippen LogP contribution in [0.1, 0.15) is 33.5 Å². The zero-order valence-corrected chi connectivity index (χ0v) is 20.5. The number of aromatic carboxylic acids is 1. The number of hydrogen-bond acceptors (Lipinski definition) is 3. The molecule has 2 N–H and O–H groups in total. The molecule has 0 saturated heterocycles. The number of para-hydroxylation sites is 1. The second-order valence-corrected chi connectivity index (χ2v) is 9.32. The number of nitrogens with zero attached hydrogens (tertiary/aromatic N) is 1. The third-order valence-electron chi connectivity index (χ3n) is 6.68. The summed E-state index contributed by atoms with van der Waals surface area (Å²) < 4.78 is 14.1. The topological polar surface area (TPSA) is 69.6 Å². The van der Waals surface area contributed by atoms with Gasteiger partial charge in [-0.3, -0.25) is 4.79 Å². The Morgan fingerprint density at radius 3 is 2.51 bits per heavy atom. The van der Waals surface area contributed by atoms with Crippen LogP contribution in [0.25, 0.3) is 11.1 Å². The number of carboxylic acids is 1. The van der Waals surface area contributed by atoms with Crippen molar-refractivity contribution in [2.45, 2.75) is 26.2 Å². The van der Waals surface area contributed by atoms with E-state index >= 15 is 0 Å². The highest BCUT2D eigenvalue weighted by atomic mass is 19.1. The summed E-state index contributed by atoms with van der Waals surface area (Å²) in [6.45, 7) is 2.77. The van der Waals surface area contributed by atoms with Crippen molar-refractivity contribution in [2.75, 3.05) is 16.8 Å². The molecule has 0 spiro atoms. The number of anilines is 3. The SMILES string of the molecule is Cc1ccc(CC(=O)Nc2cc(-c3cc(F)ccc3C(=O)O)ccc2N2CCCc3ccccc32)cc1. The van der Waals surface area contributed by atoms with Crippen LogP contribution in [-0.2, 0) is 17.6 Å². The van der Waals surface area contributed by atoms with Crippen LogP contribution < -0.4 is 10.2 Å². The van der Waals surface area contributed by atoms with E-state index in [0.717, 1.165) is 48.0 Å². The highest BCUT2D eigenvalue weighted by Gasteiger charge is 2.22. The molecular weight excluding hydrogens is 467 g/mol. The molecule has 5 nitrogen and oxygen atoms in total. The van der Waals surface area contributed by atoms with Crippen molar-refractivity contribution >= 4 is 28.9 Å². The van der Waals surface area contributed by atoms with Gasteiger partial charge in [0, 0.05) is 12.2 Å². The first-order chi connectivity index (χ1) is 17.9. The number of rotatable bonds is 6. The molecule has 0 atom stereocenters. The Bertz CT molecular complexity index is 1480. The molecular formula is C31H27FN2O3. The quantitative estimate of drug-likeness (QED) is 0.311. The van der Waals surface area contributed by atoms with Gasteiger partial charge in [-0.15, -0.1) is 0 Å². The largest absolute Gasteiger partial charge is 0.478 e. The number of nitrogens with one attached hydrogen (secondary N) is 1. The smallest absolute Gasteiger partial charge is 0.336 e. The minimum Gasteiger partial charge on any atom is -0.478 e. The van der Waals surface area contributed by atoms with Crippen molar-refractivity contribution in [2.24, 2.45) is 0 Å². The summed E-state index contributed by atoms with van der Waals surface area (Å²) in [4.78, 5) is 27.2. The van der Waals surface area contributed by atoms with Crippen molar-refractivity contribution < 1.29 is 19.1 Å². The number of amides is 1. The van der Waals surface area contributed by atoms with Crippen molar-refractivity contribution in [3.8, 4) is 11.1 Å². The average Bonchev–Trinajstić information content (AvgIpc) is 2.89. The lowest BCUT2D eigenvalue weighted by molar-refractivity contribution is -0.115. The van der Waals surface area contributed by atoms with Gasteiger partial charge >= 0.3 is 5.97 Å². The lowest BCUT2D eigenvalue weighted by Crippen LogP contribution is -2.26. The molecule has 0 bridgehead atoms. The van der Waals surface area contributed by atoms with Gasteiger partial charge in [-0.05, 0) is 78.4 Å². The zero-order chi connectivity index (χ0) is 25.9. The number of carbonyl (C=O) groups is 2. The van der Waals surface area contributed by atoms with Crippen LogP contribution in [-0.4, -0.2) is 23.5 Å². The van der Waals surface area contributed by atoms with Gasteiger partial charge in [0.2, 0.25) is 5.91 Å². The maximum absolute atomic E-state index is 14.1. The van der Waals surface area contributed by atoms with Gasteiger partial charge in [-0.2, -0.15) is 0 Å². The maximum Gasteiger partial charge on any atom is 0.336 e. The molecule has 0 aliphatic carbocycles. The molecule has 0 radical (unpaired) electrons. The number of fused-ring (bicyclic) bond motifs is 1. The Kier molecular flexibility index (Phi) is 6.73. The Morgan fingerprint density at radius 2 is 1.73 bits per heavy atom. The van der Waals surface area contributed by atoms with Gasteiger partial charge in [-0.1, -0.05) is 54.1 Å². The minimum atomic E-state index is -1.14. The fourth-order valence-electron chi connectivity index (χ4n) is 4.85. The lowest BCUT2D eigenvalue weighted by atomic mass is 9.97. The molecule has 1 aliphatic rings. The normalized spacial score (nSPS) is 12.6. The monoisotopic (exact) mass is 494 g/mol. The summed E-state index contributed by atoms with van der Waals surface area (Å²) >= 11 is 0. The molecule has 4 aromatic carbocycles.